The molecule has 0 atom stereocenters. The van der Waals surface area contributed by atoms with Crippen molar-refractivity contribution in [1.82, 2.24) is 9.78 Å². The molecule has 0 N–H and O–H groups in total. The van der Waals surface area contributed by atoms with Crippen molar-refractivity contribution in [2.24, 2.45) is 7.05 Å². The highest BCUT2D eigenvalue weighted by Crippen LogP contribution is 2.16. The molecule has 1 aromatic heterocycles. The summed E-state index contributed by atoms with van der Waals surface area (Å²) in [7, 11) is 1.86. The average Bonchev–Trinajstić information content (AvgIpc) is 2.15. The fraction of sp³-hybridized carbons (Fsp3) is 0.400. The maximum atomic E-state index is 5.56. The van der Waals surface area contributed by atoms with Gasteiger partial charge in [0.25, 0.3) is 0 Å². The number of nitrogens with zero attached hydrogens (tertiary/aromatic N) is 2. The van der Waals surface area contributed by atoms with Gasteiger partial charge in [0.2, 0.25) is 0 Å². The van der Waals surface area contributed by atoms with Crippen molar-refractivity contribution >= 4 is 39.9 Å². The molecule has 0 aliphatic rings. The second-order valence-electron chi connectivity index (χ2n) is 1.72. The van der Waals surface area contributed by atoms with E-state index in [1.807, 2.05) is 7.05 Å². The summed E-state index contributed by atoms with van der Waals surface area (Å²) in [5, 5.41) is 3.97. The fourth-order valence-electron chi connectivity index (χ4n) is 0.558. The number of hydrogen-bond donors (Lipinski definition) is 0. The van der Waals surface area contributed by atoms with Gasteiger partial charge in [0.15, 0.2) is 0 Å². The summed E-state index contributed by atoms with van der Waals surface area (Å²) in [5.41, 5.74) is 1.03. The van der Waals surface area contributed by atoms with Crippen LogP contribution in [0.5, 0.6) is 0 Å². The normalized spacial score (nSPS) is 9.10. The predicted molar refractivity (Wildman–Crippen MR) is 47.7 cm³/mol. The van der Waals surface area contributed by atoms with Crippen LogP contribution < -0.4 is 0 Å². The first-order chi connectivity index (χ1) is 4.25. The lowest BCUT2D eigenvalue weighted by atomic mass is 10.4. The number of aromatic nitrogens is 2. The molecule has 0 aliphatic heterocycles. The molecule has 0 fully saturated rings. The summed E-state index contributed by atoms with van der Waals surface area (Å²) >= 11 is 8.89. The van der Waals surface area contributed by atoms with Gasteiger partial charge in [0.1, 0.15) is 4.60 Å². The maximum Gasteiger partial charge on any atom is 0.108 e. The van der Waals surface area contributed by atoms with E-state index in [1.54, 1.807) is 10.9 Å². The number of halogens is 3. The molecule has 58 valence electrons. The van der Waals surface area contributed by atoms with E-state index in [-0.39, 0.29) is 12.4 Å². The van der Waals surface area contributed by atoms with Crippen LogP contribution >= 0.6 is 39.9 Å². The van der Waals surface area contributed by atoms with Crippen molar-refractivity contribution in [3.8, 4) is 0 Å². The Morgan fingerprint density at radius 3 is 2.60 bits per heavy atom. The molecular weight excluding hydrogens is 239 g/mol. The van der Waals surface area contributed by atoms with Crippen molar-refractivity contribution in [2.75, 3.05) is 0 Å². The Hall–Kier alpha value is 0.270. The Morgan fingerprint density at radius 2 is 2.40 bits per heavy atom. The van der Waals surface area contributed by atoms with Crippen LogP contribution in [0.25, 0.3) is 0 Å². The lowest BCUT2D eigenvalue weighted by Crippen LogP contribution is -1.88. The molecule has 2 nitrogen and oxygen atoms in total. The molecule has 0 bridgehead atoms. The molecule has 0 aliphatic carbocycles. The van der Waals surface area contributed by atoms with E-state index in [2.05, 4.69) is 21.0 Å². The number of alkyl halides is 1. The van der Waals surface area contributed by atoms with Gasteiger partial charge >= 0.3 is 0 Å². The smallest absolute Gasteiger partial charge is 0.108 e. The van der Waals surface area contributed by atoms with Gasteiger partial charge in [-0.2, -0.15) is 5.10 Å². The van der Waals surface area contributed by atoms with Gasteiger partial charge < -0.3 is 0 Å². The van der Waals surface area contributed by atoms with Crippen molar-refractivity contribution in [1.29, 1.82) is 0 Å². The fourth-order valence-corrected chi connectivity index (χ4v) is 1.25. The average molecular weight is 246 g/mol. The zero-order chi connectivity index (χ0) is 6.85. The molecule has 0 amide bonds. The second-order valence-corrected chi connectivity index (χ2v) is 2.74. The summed E-state index contributed by atoms with van der Waals surface area (Å²) in [6.45, 7) is 0. The molecule has 0 saturated carbocycles. The minimum absolute atomic E-state index is 0. The van der Waals surface area contributed by atoms with Gasteiger partial charge in [0, 0.05) is 12.6 Å². The van der Waals surface area contributed by atoms with Crippen molar-refractivity contribution in [3.05, 3.63) is 16.4 Å². The molecule has 0 saturated heterocycles. The zero-order valence-corrected chi connectivity index (χ0v) is 8.50. The minimum Gasteiger partial charge on any atom is -0.261 e. The number of rotatable bonds is 1. The van der Waals surface area contributed by atoms with E-state index in [1.165, 1.54) is 0 Å². The first kappa shape index (κ1) is 10.3. The Bertz CT molecular complexity index is 211. The molecule has 10 heavy (non-hydrogen) atoms. The molecule has 0 aromatic carbocycles. The minimum atomic E-state index is 0. The lowest BCUT2D eigenvalue weighted by molar-refractivity contribution is 0.749. The standard InChI is InChI=1S/C5H6BrClN2.ClH/c1-9-5(6)4(2-7)3-8-9;/h3H,2H2,1H3;1H. The molecule has 1 aromatic rings. The van der Waals surface area contributed by atoms with E-state index in [4.69, 9.17) is 11.6 Å². The Kier molecular flexibility index (Phi) is 4.32. The van der Waals surface area contributed by atoms with Crippen LogP contribution in [-0.4, -0.2) is 9.78 Å². The third-order valence-corrected chi connectivity index (χ3v) is 2.39. The molecule has 5 heteroatoms. The van der Waals surface area contributed by atoms with Crippen LogP contribution in [0.4, 0.5) is 0 Å². The van der Waals surface area contributed by atoms with Gasteiger partial charge in [0.05, 0.1) is 12.1 Å². The Labute approximate surface area is 79.1 Å². The van der Waals surface area contributed by atoms with E-state index in [0.717, 1.165) is 10.2 Å². The third-order valence-electron chi connectivity index (χ3n) is 1.08. The first-order valence-corrected chi connectivity index (χ1v) is 3.81. The third kappa shape index (κ3) is 1.87. The summed E-state index contributed by atoms with van der Waals surface area (Å²) in [6.07, 6.45) is 1.75. The van der Waals surface area contributed by atoms with E-state index in [0.29, 0.717) is 5.88 Å². The van der Waals surface area contributed by atoms with Gasteiger partial charge in [-0.15, -0.1) is 24.0 Å². The molecule has 0 spiro atoms. The molecule has 1 heterocycles. The van der Waals surface area contributed by atoms with E-state index >= 15 is 0 Å². The SMILES string of the molecule is Cl.Cn1ncc(CCl)c1Br. The van der Waals surface area contributed by atoms with Crippen LogP contribution in [0.1, 0.15) is 5.56 Å². The highest BCUT2D eigenvalue weighted by molar-refractivity contribution is 9.10. The van der Waals surface area contributed by atoms with Crippen LogP contribution in [0.3, 0.4) is 0 Å². The van der Waals surface area contributed by atoms with Crippen LogP contribution in [0, 0.1) is 0 Å². The quantitative estimate of drug-likeness (QED) is 0.695. The molecule has 1 rings (SSSR count). The van der Waals surface area contributed by atoms with Gasteiger partial charge in [-0.1, -0.05) is 0 Å². The highest BCUT2D eigenvalue weighted by Gasteiger charge is 2.01. The van der Waals surface area contributed by atoms with Crippen LogP contribution in [-0.2, 0) is 12.9 Å². The second kappa shape index (κ2) is 4.21. The summed E-state index contributed by atoms with van der Waals surface area (Å²) in [6, 6.07) is 0. The number of hydrogen-bond acceptors (Lipinski definition) is 1. The first-order valence-electron chi connectivity index (χ1n) is 2.48. The Balaban J connectivity index is 0.000000810. The Morgan fingerprint density at radius 1 is 1.80 bits per heavy atom. The summed E-state index contributed by atoms with van der Waals surface area (Å²) in [4.78, 5) is 0. The monoisotopic (exact) mass is 244 g/mol. The predicted octanol–water partition coefficient (Wildman–Crippen LogP) is 2.34. The number of aryl methyl sites for hydroxylation is 1. The summed E-state index contributed by atoms with van der Waals surface area (Å²) in [5.74, 6) is 0.508. The topological polar surface area (TPSA) is 17.8 Å². The molecular formula is C5H7BrCl2N2. The van der Waals surface area contributed by atoms with Crippen molar-refractivity contribution in [2.45, 2.75) is 5.88 Å². The lowest BCUT2D eigenvalue weighted by Gasteiger charge is -1.90. The van der Waals surface area contributed by atoms with Gasteiger partial charge in [-0.05, 0) is 15.9 Å². The summed E-state index contributed by atoms with van der Waals surface area (Å²) < 4.78 is 2.69. The van der Waals surface area contributed by atoms with E-state index in [9.17, 15) is 0 Å². The zero-order valence-electron chi connectivity index (χ0n) is 5.34. The van der Waals surface area contributed by atoms with E-state index < -0.39 is 0 Å². The van der Waals surface area contributed by atoms with Gasteiger partial charge in [-0.3, -0.25) is 4.68 Å². The molecule has 0 radical (unpaired) electrons. The maximum absolute atomic E-state index is 5.56. The van der Waals surface area contributed by atoms with Crippen molar-refractivity contribution in [3.63, 3.8) is 0 Å². The van der Waals surface area contributed by atoms with Gasteiger partial charge in [-0.25, -0.2) is 0 Å². The molecule has 0 unspecified atom stereocenters. The highest BCUT2D eigenvalue weighted by atomic mass is 79.9. The van der Waals surface area contributed by atoms with Crippen molar-refractivity contribution < 1.29 is 0 Å². The van der Waals surface area contributed by atoms with Crippen LogP contribution in [0.2, 0.25) is 0 Å². The van der Waals surface area contributed by atoms with Crippen LogP contribution in [0.15, 0.2) is 10.8 Å². The largest absolute Gasteiger partial charge is 0.261 e.